The van der Waals surface area contributed by atoms with Crippen LogP contribution in [0.25, 0.3) is 0 Å². The Morgan fingerprint density at radius 3 is 2.75 bits per heavy atom. The van der Waals surface area contributed by atoms with Gasteiger partial charge in [0.25, 0.3) is 0 Å². The van der Waals surface area contributed by atoms with Crippen molar-refractivity contribution < 1.29 is 0 Å². The molecular formula is C6H9BBr. The van der Waals surface area contributed by atoms with Crippen molar-refractivity contribution in [3.05, 3.63) is 10.1 Å². The van der Waals surface area contributed by atoms with E-state index in [4.69, 9.17) is 0 Å². The Hall–Kier alpha value is 0.285. The summed E-state index contributed by atoms with van der Waals surface area (Å²) in [6.45, 7) is 2.09. The summed E-state index contributed by atoms with van der Waals surface area (Å²) in [5.74, 6) is 0. The van der Waals surface area contributed by atoms with Crippen molar-refractivity contribution in [3.8, 4) is 0 Å². The molecule has 0 heterocycles. The van der Waals surface area contributed by atoms with E-state index < -0.39 is 0 Å². The zero-order valence-electron chi connectivity index (χ0n) is 5.08. The highest BCUT2D eigenvalue weighted by Gasteiger charge is 2.14. The maximum atomic E-state index is 3.51. The summed E-state index contributed by atoms with van der Waals surface area (Å²) in [6, 6.07) is 0. The van der Waals surface area contributed by atoms with Gasteiger partial charge < -0.3 is 0 Å². The second-order valence-corrected chi connectivity index (χ2v) is 3.08. The molecule has 0 N–H and O–H groups in total. The summed E-state index contributed by atoms with van der Waals surface area (Å²) in [4.78, 5) is 0. The molecule has 0 aromatic heterocycles. The van der Waals surface area contributed by atoms with E-state index in [1.807, 2.05) is 0 Å². The molecule has 1 saturated carbocycles. The molecule has 1 aliphatic rings. The quantitative estimate of drug-likeness (QED) is 0.561. The van der Waals surface area contributed by atoms with Gasteiger partial charge >= 0.3 is 0 Å². The van der Waals surface area contributed by atoms with Gasteiger partial charge in [-0.2, -0.15) is 0 Å². The molecular weight excluding hydrogens is 163 g/mol. The third-order valence-electron chi connectivity index (χ3n) is 1.27. The molecule has 0 aromatic carbocycles. The van der Waals surface area contributed by atoms with Gasteiger partial charge in [-0.25, -0.2) is 0 Å². The topological polar surface area (TPSA) is 0 Å². The number of hydrogen-bond donors (Lipinski definition) is 0. The van der Waals surface area contributed by atoms with Crippen molar-refractivity contribution in [2.24, 2.45) is 0 Å². The van der Waals surface area contributed by atoms with Crippen LogP contribution < -0.4 is 0 Å². The fraction of sp³-hybridized carbons (Fsp3) is 0.667. The second-order valence-electron chi connectivity index (χ2n) is 2.12. The molecule has 1 rings (SSSR count). The lowest BCUT2D eigenvalue weighted by Gasteiger charge is -1.88. The van der Waals surface area contributed by atoms with Gasteiger partial charge in [-0.15, -0.1) is 0 Å². The van der Waals surface area contributed by atoms with Gasteiger partial charge in [0.1, 0.15) is 7.28 Å². The van der Waals surface area contributed by atoms with Crippen LogP contribution in [0.1, 0.15) is 12.8 Å². The fourth-order valence-electron chi connectivity index (χ4n) is 0.657. The van der Waals surface area contributed by atoms with Crippen LogP contribution in [-0.4, -0.2) is 7.28 Å². The maximum absolute atomic E-state index is 3.51. The Kier molecular flexibility index (Phi) is 2.18. The Labute approximate surface area is 59.7 Å². The lowest BCUT2D eigenvalue weighted by atomic mass is 9.78. The summed E-state index contributed by atoms with van der Waals surface area (Å²) in [5, 5.41) is 0. The van der Waals surface area contributed by atoms with E-state index in [2.05, 4.69) is 30.0 Å². The van der Waals surface area contributed by atoms with E-state index in [0.717, 1.165) is 6.32 Å². The minimum Gasteiger partial charge on any atom is -0.0916 e. The molecule has 0 aromatic rings. The average Bonchev–Trinajstić information content (AvgIpc) is 2.45. The Balaban J connectivity index is 2.33. The summed E-state index contributed by atoms with van der Waals surface area (Å²) < 4.78 is 1.42. The molecule has 8 heavy (non-hydrogen) atoms. The van der Waals surface area contributed by atoms with Crippen molar-refractivity contribution in [2.45, 2.75) is 26.0 Å². The van der Waals surface area contributed by atoms with E-state index in [1.165, 1.54) is 17.3 Å². The van der Waals surface area contributed by atoms with Gasteiger partial charge in [-0.1, -0.05) is 28.3 Å². The van der Waals surface area contributed by atoms with Crippen LogP contribution in [-0.2, 0) is 0 Å². The van der Waals surface area contributed by atoms with Gasteiger partial charge in [0.15, 0.2) is 0 Å². The summed E-state index contributed by atoms with van der Waals surface area (Å²) in [7, 11) is 2.18. The van der Waals surface area contributed by atoms with E-state index in [1.54, 1.807) is 5.57 Å². The summed E-state index contributed by atoms with van der Waals surface area (Å²) in [6.07, 6.45) is 3.78. The van der Waals surface area contributed by atoms with Crippen LogP contribution >= 0.6 is 15.9 Å². The number of hydrogen-bond acceptors (Lipinski definition) is 0. The molecule has 1 radical (unpaired) electrons. The monoisotopic (exact) mass is 171 g/mol. The second kappa shape index (κ2) is 2.72. The van der Waals surface area contributed by atoms with E-state index in [-0.39, 0.29) is 0 Å². The van der Waals surface area contributed by atoms with E-state index in [9.17, 15) is 0 Å². The Bertz CT molecular complexity index is 112. The van der Waals surface area contributed by atoms with Crippen molar-refractivity contribution in [1.29, 1.82) is 0 Å². The number of allylic oxidation sites excluding steroid dienone is 2. The summed E-state index contributed by atoms with van der Waals surface area (Å²) in [5.41, 5.74) is 1.61. The molecule has 0 amide bonds. The minimum atomic E-state index is 1.12. The molecule has 0 atom stereocenters. The van der Waals surface area contributed by atoms with E-state index >= 15 is 0 Å². The SMILES string of the molecule is C[B]CC(Br)=C1CC1. The standard InChI is InChI=1S/C6H9BBr/c1-7-4-6(8)5-2-3-5/h2-4H2,1H3. The van der Waals surface area contributed by atoms with Crippen LogP contribution in [0.4, 0.5) is 0 Å². The van der Waals surface area contributed by atoms with Gasteiger partial charge in [0, 0.05) is 0 Å². The molecule has 0 spiro atoms. The first-order valence-electron chi connectivity index (χ1n) is 2.99. The zero-order chi connectivity index (χ0) is 5.98. The molecule has 0 unspecified atom stereocenters. The first kappa shape index (κ1) is 6.41. The van der Waals surface area contributed by atoms with Crippen LogP contribution in [0.3, 0.4) is 0 Å². The molecule has 0 nitrogen and oxygen atoms in total. The van der Waals surface area contributed by atoms with Gasteiger partial charge in [-0.05, 0) is 23.6 Å². The van der Waals surface area contributed by atoms with Crippen LogP contribution in [0.5, 0.6) is 0 Å². The predicted molar refractivity (Wildman–Crippen MR) is 41.6 cm³/mol. The highest BCUT2D eigenvalue weighted by atomic mass is 79.9. The third-order valence-corrected chi connectivity index (χ3v) is 2.15. The largest absolute Gasteiger partial charge is 0.112 e. The lowest BCUT2D eigenvalue weighted by Crippen LogP contribution is -1.78. The first-order valence-corrected chi connectivity index (χ1v) is 3.78. The van der Waals surface area contributed by atoms with Crippen LogP contribution in [0, 0.1) is 0 Å². The molecule has 0 bridgehead atoms. The first-order chi connectivity index (χ1) is 3.84. The maximum Gasteiger partial charge on any atom is 0.112 e. The highest BCUT2D eigenvalue weighted by molar-refractivity contribution is 9.11. The minimum absolute atomic E-state index is 1.12. The number of rotatable bonds is 2. The Morgan fingerprint density at radius 2 is 2.38 bits per heavy atom. The lowest BCUT2D eigenvalue weighted by molar-refractivity contribution is 1.50. The molecule has 1 aliphatic carbocycles. The van der Waals surface area contributed by atoms with Gasteiger partial charge in [0.05, 0.1) is 0 Å². The van der Waals surface area contributed by atoms with Crippen LogP contribution in [0.2, 0.25) is 13.1 Å². The number of halogens is 1. The van der Waals surface area contributed by atoms with Crippen LogP contribution in [0.15, 0.2) is 10.1 Å². The van der Waals surface area contributed by atoms with Crippen molar-refractivity contribution >= 4 is 23.2 Å². The van der Waals surface area contributed by atoms with E-state index in [0.29, 0.717) is 0 Å². The highest BCUT2D eigenvalue weighted by Crippen LogP contribution is 2.35. The van der Waals surface area contributed by atoms with Gasteiger partial charge in [0.2, 0.25) is 0 Å². The summed E-state index contributed by atoms with van der Waals surface area (Å²) >= 11 is 3.51. The Morgan fingerprint density at radius 1 is 1.75 bits per heavy atom. The zero-order valence-corrected chi connectivity index (χ0v) is 6.66. The molecule has 2 heteroatoms. The molecule has 0 saturated heterocycles. The van der Waals surface area contributed by atoms with Crippen molar-refractivity contribution in [2.75, 3.05) is 0 Å². The van der Waals surface area contributed by atoms with Crippen molar-refractivity contribution in [1.82, 2.24) is 0 Å². The average molecular weight is 172 g/mol. The van der Waals surface area contributed by atoms with Gasteiger partial charge in [-0.3, -0.25) is 0 Å². The molecule has 1 fully saturated rings. The molecule has 43 valence electrons. The smallest absolute Gasteiger partial charge is 0.0916 e. The predicted octanol–water partition coefficient (Wildman–Crippen LogP) is 2.60. The fourth-order valence-corrected chi connectivity index (χ4v) is 1.38. The van der Waals surface area contributed by atoms with Crippen molar-refractivity contribution in [3.63, 3.8) is 0 Å². The normalized spacial score (nSPS) is 16.0. The third kappa shape index (κ3) is 1.66. The molecule has 0 aliphatic heterocycles.